The van der Waals surface area contributed by atoms with Gasteiger partial charge < -0.3 is 19.1 Å². The minimum atomic E-state index is -0.334. The van der Waals surface area contributed by atoms with Crippen LogP contribution in [0.1, 0.15) is 41.3 Å². The van der Waals surface area contributed by atoms with Crippen LogP contribution in [0.4, 0.5) is 4.79 Å². The highest BCUT2D eigenvalue weighted by atomic mass is 35.5. The molecule has 0 saturated carbocycles. The quantitative estimate of drug-likeness (QED) is 0.219. The van der Waals surface area contributed by atoms with Crippen molar-refractivity contribution < 1.29 is 19.0 Å². The van der Waals surface area contributed by atoms with Gasteiger partial charge in [0.25, 0.3) is 0 Å². The Hall–Kier alpha value is -4.61. The Labute approximate surface area is 237 Å². The highest BCUT2D eigenvalue weighted by Crippen LogP contribution is 2.35. The van der Waals surface area contributed by atoms with Gasteiger partial charge in [0, 0.05) is 31.1 Å². The van der Waals surface area contributed by atoms with Crippen LogP contribution in [0.5, 0.6) is 17.4 Å². The normalized spacial score (nSPS) is 13.3. The van der Waals surface area contributed by atoms with Crippen LogP contribution < -0.4 is 9.47 Å². The van der Waals surface area contributed by atoms with Gasteiger partial charge in [-0.2, -0.15) is 10.2 Å². The van der Waals surface area contributed by atoms with Gasteiger partial charge in [0.15, 0.2) is 11.5 Å². The van der Waals surface area contributed by atoms with Crippen molar-refractivity contribution in [1.29, 1.82) is 5.26 Å². The molecule has 40 heavy (non-hydrogen) atoms. The van der Waals surface area contributed by atoms with Crippen molar-refractivity contribution in [2.75, 3.05) is 13.1 Å². The van der Waals surface area contributed by atoms with Crippen LogP contribution in [-0.4, -0.2) is 34.1 Å². The number of carbonyl (C=O) groups is 1. The second kappa shape index (κ2) is 13.0. The Balaban J connectivity index is 1.24. The first-order chi connectivity index (χ1) is 19.6. The predicted molar refractivity (Wildman–Crippen MR) is 149 cm³/mol. The third-order valence-corrected chi connectivity index (χ3v) is 6.73. The van der Waals surface area contributed by atoms with E-state index in [0.29, 0.717) is 55.4 Å². The first kappa shape index (κ1) is 27.0. The summed E-state index contributed by atoms with van der Waals surface area (Å²) in [6.07, 6.45) is 0.990. The lowest BCUT2D eigenvalue weighted by Gasteiger charge is -2.30. The maximum absolute atomic E-state index is 12.6. The molecule has 5 rings (SSSR count). The molecular weight excluding hydrogens is 528 g/mol. The van der Waals surface area contributed by atoms with E-state index in [-0.39, 0.29) is 29.7 Å². The Kier molecular flexibility index (Phi) is 8.74. The Morgan fingerprint density at radius 1 is 0.900 bits per heavy atom. The molecule has 0 aliphatic carbocycles. The number of aromatic nitrogens is 2. The number of hydrogen-bond acceptors (Lipinski definition) is 7. The van der Waals surface area contributed by atoms with Gasteiger partial charge in [-0.1, -0.05) is 72.3 Å². The van der Waals surface area contributed by atoms with Crippen LogP contribution >= 0.6 is 11.6 Å². The number of hydrogen-bond donors (Lipinski definition) is 0. The molecule has 1 fully saturated rings. The van der Waals surface area contributed by atoms with Gasteiger partial charge in [0.05, 0.1) is 11.6 Å². The number of likely N-dealkylation sites (tertiary alicyclic amines) is 1. The third kappa shape index (κ3) is 7.07. The smallest absolute Gasteiger partial charge is 0.410 e. The standard InChI is InChI=1S/C31H27ClN4O4/c32-28-18-29(40-27-17-24(19-33)11-12-26(27)38-20-22-7-3-1-4-8-22)35-30(34-28)25-13-15-36(16-14-25)31(37)39-21-23-9-5-2-6-10-23/h1-12,17-18,25H,13-16,20-21H2. The van der Waals surface area contributed by atoms with E-state index in [0.717, 1.165) is 11.1 Å². The number of amides is 1. The monoisotopic (exact) mass is 554 g/mol. The number of nitrogens with zero attached hydrogens (tertiary/aromatic N) is 4. The molecule has 4 aromatic rings. The van der Waals surface area contributed by atoms with Crippen LogP contribution in [0, 0.1) is 11.3 Å². The summed E-state index contributed by atoms with van der Waals surface area (Å²) in [6.45, 7) is 1.62. The van der Waals surface area contributed by atoms with E-state index in [1.807, 2.05) is 60.7 Å². The maximum Gasteiger partial charge on any atom is 0.410 e. The lowest BCUT2D eigenvalue weighted by molar-refractivity contribution is 0.0866. The summed E-state index contributed by atoms with van der Waals surface area (Å²) >= 11 is 6.35. The fraction of sp³-hybridized carbons (Fsp3) is 0.226. The lowest BCUT2D eigenvalue weighted by Crippen LogP contribution is -2.38. The molecule has 0 bridgehead atoms. The zero-order valence-electron chi connectivity index (χ0n) is 21.7. The second-order valence-electron chi connectivity index (χ2n) is 9.34. The first-order valence-electron chi connectivity index (χ1n) is 13.0. The number of benzene rings is 3. The Bertz CT molecular complexity index is 1490. The number of nitriles is 1. The number of carbonyl (C=O) groups excluding carboxylic acids is 1. The van der Waals surface area contributed by atoms with E-state index in [1.54, 1.807) is 23.1 Å². The zero-order valence-corrected chi connectivity index (χ0v) is 22.5. The van der Waals surface area contributed by atoms with Crippen molar-refractivity contribution in [3.05, 3.63) is 113 Å². The number of halogens is 1. The molecule has 0 atom stereocenters. The summed E-state index contributed by atoms with van der Waals surface area (Å²) < 4.78 is 17.6. The van der Waals surface area contributed by atoms with Crippen LogP contribution in [0.2, 0.25) is 5.15 Å². The molecule has 1 saturated heterocycles. The summed E-state index contributed by atoms with van der Waals surface area (Å²) in [6, 6.07) is 28.0. The maximum atomic E-state index is 12.6. The largest absolute Gasteiger partial charge is 0.485 e. The van der Waals surface area contributed by atoms with E-state index in [9.17, 15) is 10.1 Å². The summed E-state index contributed by atoms with van der Waals surface area (Å²) in [4.78, 5) is 23.3. The van der Waals surface area contributed by atoms with Crippen LogP contribution in [0.3, 0.4) is 0 Å². The molecule has 0 N–H and O–H groups in total. The second-order valence-corrected chi connectivity index (χ2v) is 9.73. The van der Waals surface area contributed by atoms with Crippen molar-refractivity contribution in [2.24, 2.45) is 0 Å². The average Bonchev–Trinajstić information content (AvgIpc) is 3.00. The Morgan fingerprint density at radius 3 is 2.25 bits per heavy atom. The molecule has 1 aliphatic heterocycles. The third-order valence-electron chi connectivity index (χ3n) is 6.54. The van der Waals surface area contributed by atoms with Crippen molar-refractivity contribution in [3.63, 3.8) is 0 Å². The highest BCUT2D eigenvalue weighted by Gasteiger charge is 2.27. The lowest BCUT2D eigenvalue weighted by atomic mass is 9.96. The fourth-order valence-corrected chi connectivity index (χ4v) is 4.58. The molecule has 1 aliphatic rings. The SMILES string of the molecule is N#Cc1ccc(OCc2ccccc2)c(Oc2cc(Cl)nc(C3CCN(C(=O)OCc4ccccc4)CC3)n2)c1. The van der Waals surface area contributed by atoms with Gasteiger partial charge >= 0.3 is 6.09 Å². The fourth-order valence-electron chi connectivity index (χ4n) is 4.40. The number of rotatable bonds is 8. The molecule has 8 nitrogen and oxygen atoms in total. The van der Waals surface area contributed by atoms with E-state index < -0.39 is 0 Å². The molecule has 1 aromatic heterocycles. The Morgan fingerprint density at radius 2 is 1.57 bits per heavy atom. The van der Waals surface area contributed by atoms with Gasteiger partial charge in [0.1, 0.15) is 24.2 Å². The van der Waals surface area contributed by atoms with Crippen LogP contribution in [-0.2, 0) is 18.0 Å². The van der Waals surface area contributed by atoms with Gasteiger partial charge in [-0.3, -0.25) is 0 Å². The first-order valence-corrected chi connectivity index (χ1v) is 13.3. The zero-order chi connectivity index (χ0) is 27.7. The topological polar surface area (TPSA) is 97.6 Å². The average molecular weight is 555 g/mol. The van der Waals surface area contributed by atoms with Gasteiger partial charge in [-0.05, 0) is 36.1 Å². The van der Waals surface area contributed by atoms with Gasteiger partial charge in [-0.15, -0.1) is 0 Å². The molecule has 9 heteroatoms. The van der Waals surface area contributed by atoms with Crippen molar-refractivity contribution in [3.8, 4) is 23.4 Å². The molecular formula is C31H27ClN4O4. The van der Waals surface area contributed by atoms with E-state index in [4.69, 9.17) is 25.8 Å². The van der Waals surface area contributed by atoms with E-state index in [1.165, 1.54) is 6.07 Å². The van der Waals surface area contributed by atoms with E-state index >= 15 is 0 Å². The van der Waals surface area contributed by atoms with Gasteiger partial charge in [-0.25, -0.2) is 9.78 Å². The molecule has 202 valence electrons. The molecule has 2 heterocycles. The van der Waals surface area contributed by atoms with Crippen LogP contribution in [0.25, 0.3) is 0 Å². The van der Waals surface area contributed by atoms with Gasteiger partial charge in [0.2, 0.25) is 5.88 Å². The number of piperidine rings is 1. The van der Waals surface area contributed by atoms with E-state index in [2.05, 4.69) is 16.0 Å². The summed E-state index contributed by atoms with van der Waals surface area (Å²) in [5.74, 6) is 1.62. The van der Waals surface area contributed by atoms with Crippen LogP contribution in [0.15, 0.2) is 84.9 Å². The summed E-state index contributed by atoms with van der Waals surface area (Å²) in [5, 5.41) is 9.65. The molecule has 0 unspecified atom stereocenters. The molecule has 0 radical (unpaired) electrons. The summed E-state index contributed by atoms with van der Waals surface area (Å²) in [7, 11) is 0. The van der Waals surface area contributed by atoms with Crippen molar-refractivity contribution in [1.82, 2.24) is 14.9 Å². The summed E-state index contributed by atoms with van der Waals surface area (Å²) in [5.41, 5.74) is 2.37. The minimum absolute atomic E-state index is 0.00142. The molecule has 3 aromatic carbocycles. The number of ether oxygens (including phenoxy) is 3. The molecule has 1 amide bonds. The minimum Gasteiger partial charge on any atom is -0.485 e. The predicted octanol–water partition coefficient (Wildman–Crippen LogP) is 6.89. The molecule has 0 spiro atoms. The highest BCUT2D eigenvalue weighted by molar-refractivity contribution is 6.29. The van der Waals surface area contributed by atoms with Crippen molar-refractivity contribution in [2.45, 2.75) is 32.0 Å². The van der Waals surface area contributed by atoms with Crippen molar-refractivity contribution >= 4 is 17.7 Å².